The van der Waals surface area contributed by atoms with Crippen molar-refractivity contribution in [3.05, 3.63) is 39.9 Å². The van der Waals surface area contributed by atoms with Crippen LogP contribution in [-0.2, 0) is 28.7 Å². The molecular formula is C53H77ClN2O10. The lowest BCUT2D eigenvalue weighted by Gasteiger charge is -2.72. The van der Waals surface area contributed by atoms with Gasteiger partial charge in [-0.1, -0.05) is 79.5 Å². The van der Waals surface area contributed by atoms with Crippen LogP contribution in [0.4, 0.5) is 0 Å². The lowest BCUT2D eigenvalue weighted by Crippen LogP contribution is -2.66. The Balaban J connectivity index is 1.08. The number of amides is 2. The van der Waals surface area contributed by atoms with Gasteiger partial charge in [0.25, 0.3) is 5.91 Å². The Labute approximate surface area is 397 Å². The molecule has 2 amide bonds. The average Bonchev–Trinajstić information content (AvgIpc) is 3.53. The summed E-state index contributed by atoms with van der Waals surface area (Å²) >= 11 is 6.21. The maximum Gasteiger partial charge on any atom is 0.309 e. The number of ketones is 1. The van der Waals surface area contributed by atoms with E-state index < -0.39 is 52.1 Å². The molecule has 6 aliphatic rings. The second-order valence-corrected chi connectivity index (χ2v) is 24.4. The monoisotopic (exact) mass is 937 g/mol. The number of ether oxygens (including phenoxy) is 3. The van der Waals surface area contributed by atoms with Gasteiger partial charge in [-0.05, 0) is 141 Å². The molecule has 0 saturated heterocycles. The Morgan fingerprint density at radius 3 is 2.21 bits per heavy atom. The highest BCUT2D eigenvalue weighted by molar-refractivity contribution is 6.30. The molecular weight excluding hydrogens is 860 g/mol. The standard InChI is InChI=1S/C53H77ClN2O10/c1-29(2)41-35(57)27-53(39(58)28-55-46(63)49(7,8)56-43(59)31-14-13-30(54)25-36(31)65-24-23-64-12)22-21-51(10)32(42(41)53)15-16-38-50(9)19-18-40(48(5,6)37(50)17-20-52(38,51)11)66-45(62)34-26-33(44(60)61)47(34,3)4/h13-14,25,29,32-34,37-40,58H,15-24,26-28H2,1-12H3,(H,55,63)(H,56,59)(H,60,61)/t32-,33+,34-,37+,38-,39+,40+,50+,51-,52-,53+/m1/s1. The smallest absolute Gasteiger partial charge is 0.309 e. The van der Waals surface area contributed by atoms with E-state index in [1.165, 1.54) is 0 Å². The van der Waals surface area contributed by atoms with Gasteiger partial charge in [0.1, 0.15) is 24.0 Å². The summed E-state index contributed by atoms with van der Waals surface area (Å²) in [6, 6.07) is 4.68. The molecule has 66 heavy (non-hydrogen) atoms. The number of methoxy groups -OCH3 is 1. The zero-order chi connectivity index (χ0) is 48.7. The second kappa shape index (κ2) is 17.5. The first-order chi connectivity index (χ1) is 30.6. The van der Waals surface area contributed by atoms with Crippen molar-refractivity contribution in [2.75, 3.05) is 26.9 Å². The van der Waals surface area contributed by atoms with Gasteiger partial charge in [-0.2, -0.15) is 0 Å². The third-order valence-electron chi connectivity index (χ3n) is 19.4. The van der Waals surface area contributed by atoms with Crippen molar-refractivity contribution >= 4 is 41.1 Å². The number of aliphatic carboxylic acids is 1. The minimum absolute atomic E-state index is 0.00893. The SMILES string of the molecule is COCCOc1cc(Cl)ccc1C(=O)NC(C)(C)C(=O)NC[C@H](O)[C@@]12CC[C@]3(C)[C@H](CC[C@@H]4[C@@]5(C)CC[C@H](OC(=O)[C@H]6C[C@@H](C(=O)O)C6(C)C)C(C)(C)[C@@H]5CC[C@]43C)C1=C(C(C)C)C(=O)C2. The maximum atomic E-state index is 14.3. The lowest BCUT2D eigenvalue weighted by molar-refractivity contribution is -0.238. The Morgan fingerprint density at radius 2 is 1.58 bits per heavy atom. The van der Waals surface area contributed by atoms with Gasteiger partial charge in [-0.15, -0.1) is 0 Å². The number of hydrogen-bond acceptors (Lipinski definition) is 9. The number of benzene rings is 1. The van der Waals surface area contributed by atoms with Crippen molar-refractivity contribution in [1.29, 1.82) is 0 Å². The number of carbonyl (C=O) groups excluding carboxylic acids is 4. The van der Waals surface area contributed by atoms with Crippen molar-refractivity contribution in [2.45, 2.75) is 158 Å². The predicted molar refractivity (Wildman–Crippen MR) is 252 cm³/mol. The van der Waals surface area contributed by atoms with E-state index in [0.717, 1.165) is 56.1 Å². The highest BCUT2D eigenvalue weighted by atomic mass is 35.5. The number of rotatable bonds is 14. The second-order valence-electron chi connectivity index (χ2n) is 23.9. The Morgan fingerprint density at radius 1 is 0.879 bits per heavy atom. The number of esters is 1. The first-order valence-electron chi connectivity index (χ1n) is 24.5. The number of carboxylic acid groups (broad SMARTS) is 1. The molecule has 12 nitrogen and oxygen atoms in total. The van der Waals surface area contributed by atoms with Crippen LogP contribution in [0, 0.1) is 68.0 Å². The third kappa shape index (κ3) is 7.92. The fourth-order valence-electron chi connectivity index (χ4n) is 15.3. The fraction of sp³-hybridized carbons (Fsp3) is 0.755. The molecule has 4 N–H and O–H groups in total. The number of aliphatic hydroxyl groups is 1. The molecule has 5 fully saturated rings. The summed E-state index contributed by atoms with van der Waals surface area (Å²) in [4.78, 5) is 67.3. The highest BCUT2D eigenvalue weighted by Crippen LogP contribution is 2.77. The maximum absolute atomic E-state index is 14.3. The number of Topliss-reactive ketones (excluding diaryl/α,β-unsaturated/α-hetero) is 1. The van der Waals surface area contributed by atoms with Gasteiger partial charge in [0, 0.05) is 35.9 Å². The fourth-order valence-corrected chi connectivity index (χ4v) is 15.5. The van der Waals surface area contributed by atoms with Crippen LogP contribution < -0.4 is 15.4 Å². The summed E-state index contributed by atoms with van der Waals surface area (Å²) < 4.78 is 17.3. The lowest BCUT2D eigenvalue weighted by atomic mass is 9.33. The topological polar surface area (TPSA) is 178 Å². The molecule has 13 heteroatoms. The molecule has 0 aliphatic heterocycles. The van der Waals surface area contributed by atoms with Crippen LogP contribution in [0.25, 0.3) is 0 Å². The van der Waals surface area contributed by atoms with E-state index in [4.69, 9.17) is 25.8 Å². The van der Waals surface area contributed by atoms with E-state index in [2.05, 4.69) is 59.1 Å². The Hall–Kier alpha value is -3.48. The number of halogens is 1. The summed E-state index contributed by atoms with van der Waals surface area (Å²) in [5.74, 6) is -1.93. The van der Waals surface area contributed by atoms with Crippen LogP contribution in [0.1, 0.15) is 151 Å². The first-order valence-corrected chi connectivity index (χ1v) is 24.9. The van der Waals surface area contributed by atoms with Crippen LogP contribution in [0.15, 0.2) is 29.3 Å². The molecule has 0 spiro atoms. The van der Waals surface area contributed by atoms with Gasteiger partial charge >= 0.3 is 11.9 Å². The van der Waals surface area contributed by atoms with E-state index in [0.29, 0.717) is 36.3 Å². The normalized spacial score (nSPS) is 35.9. The number of hydrogen-bond donors (Lipinski definition) is 4. The minimum Gasteiger partial charge on any atom is -0.490 e. The van der Waals surface area contributed by atoms with Crippen molar-refractivity contribution in [3.63, 3.8) is 0 Å². The third-order valence-corrected chi connectivity index (χ3v) is 19.6. The average molecular weight is 938 g/mol. The Kier molecular flexibility index (Phi) is 13.4. The molecule has 7 rings (SSSR count). The number of fused-ring (bicyclic) bond motifs is 7. The van der Waals surface area contributed by atoms with E-state index in [-0.39, 0.29) is 82.2 Å². The first kappa shape index (κ1) is 50.4. The van der Waals surface area contributed by atoms with Gasteiger partial charge < -0.3 is 35.1 Å². The summed E-state index contributed by atoms with van der Waals surface area (Å²) in [7, 11) is 1.55. The molecule has 1 aromatic rings. The van der Waals surface area contributed by atoms with Crippen molar-refractivity contribution in [3.8, 4) is 5.75 Å². The van der Waals surface area contributed by atoms with E-state index in [1.807, 2.05) is 13.8 Å². The number of allylic oxidation sites excluding steroid dienone is 1. The quantitative estimate of drug-likeness (QED) is 0.104. The van der Waals surface area contributed by atoms with Gasteiger partial charge in [0.05, 0.1) is 30.1 Å². The summed E-state index contributed by atoms with van der Waals surface area (Å²) in [5, 5.41) is 28.3. The van der Waals surface area contributed by atoms with Gasteiger partial charge in [0.2, 0.25) is 5.91 Å². The van der Waals surface area contributed by atoms with Crippen molar-refractivity contribution in [1.82, 2.24) is 10.6 Å². The number of carbonyl (C=O) groups is 5. The molecule has 0 bridgehead atoms. The van der Waals surface area contributed by atoms with E-state index >= 15 is 0 Å². The van der Waals surface area contributed by atoms with Crippen molar-refractivity contribution < 1.29 is 48.4 Å². The molecule has 0 radical (unpaired) electrons. The summed E-state index contributed by atoms with van der Waals surface area (Å²) in [6.45, 7) is 23.6. The summed E-state index contributed by atoms with van der Waals surface area (Å²) in [6.07, 6.45) is 6.32. The van der Waals surface area contributed by atoms with Gasteiger partial charge in [-0.3, -0.25) is 24.0 Å². The zero-order valence-corrected chi connectivity index (χ0v) is 42.3. The molecule has 5 saturated carbocycles. The molecule has 1 aromatic carbocycles. The molecule has 0 aromatic heterocycles. The number of carboxylic acids is 1. The largest absolute Gasteiger partial charge is 0.490 e. The molecule has 0 unspecified atom stereocenters. The minimum atomic E-state index is -1.37. The number of nitrogens with one attached hydrogen (secondary N) is 2. The summed E-state index contributed by atoms with van der Waals surface area (Å²) in [5.41, 5.74) is -1.14. The van der Waals surface area contributed by atoms with Crippen LogP contribution in [0.3, 0.4) is 0 Å². The number of aliphatic hydroxyl groups excluding tert-OH is 1. The highest BCUT2D eigenvalue weighted by Gasteiger charge is 2.71. The van der Waals surface area contributed by atoms with E-state index in [1.54, 1.807) is 39.2 Å². The molecule has 0 heterocycles. The molecule has 366 valence electrons. The molecule has 6 aliphatic carbocycles. The van der Waals surface area contributed by atoms with Crippen molar-refractivity contribution in [2.24, 2.45) is 68.0 Å². The van der Waals surface area contributed by atoms with Crippen LogP contribution in [0.2, 0.25) is 5.02 Å². The Bertz CT molecular complexity index is 2160. The van der Waals surface area contributed by atoms with Crippen LogP contribution in [0.5, 0.6) is 5.75 Å². The van der Waals surface area contributed by atoms with Gasteiger partial charge in [-0.25, -0.2) is 0 Å². The van der Waals surface area contributed by atoms with Gasteiger partial charge in [0.15, 0.2) is 5.78 Å². The van der Waals surface area contributed by atoms with Crippen LogP contribution in [-0.4, -0.2) is 84.4 Å². The zero-order valence-electron chi connectivity index (χ0n) is 41.6. The molecule has 11 atom stereocenters. The predicted octanol–water partition coefficient (Wildman–Crippen LogP) is 8.99. The van der Waals surface area contributed by atoms with E-state index in [9.17, 15) is 34.2 Å². The van der Waals surface area contributed by atoms with Crippen LogP contribution >= 0.6 is 11.6 Å².